The number of hydrogen-bond acceptors (Lipinski definition) is 4. The molecule has 1 aliphatic rings. The van der Waals surface area contributed by atoms with Crippen LogP contribution in [-0.2, 0) is 16.1 Å². The van der Waals surface area contributed by atoms with Crippen LogP contribution in [0.1, 0.15) is 12.5 Å². The van der Waals surface area contributed by atoms with Crippen molar-refractivity contribution in [3.63, 3.8) is 0 Å². The number of likely N-dealkylation sites (N-methyl/N-ethyl adjacent to an activating group) is 1. The highest BCUT2D eigenvalue weighted by Crippen LogP contribution is 2.15. The van der Waals surface area contributed by atoms with Crippen molar-refractivity contribution >= 4 is 17.5 Å². The van der Waals surface area contributed by atoms with Gasteiger partial charge in [0.15, 0.2) is 0 Å². The molecule has 0 unspecified atom stereocenters. The van der Waals surface area contributed by atoms with E-state index in [0.29, 0.717) is 18.2 Å². The number of benzene rings is 1. The summed E-state index contributed by atoms with van der Waals surface area (Å²) in [6.45, 7) is 5.49. The molecule has 1 fully saturated rings. The number of carbonyl (C=O) groups excluding carboxylic acids is 1. The highest BCUT2D eigenvalue weighted by Gasteiger charge is 2.28. The van der Waals surface area contributed by atoms with Crippen LogP contribution in [0.3, 0.4) is 0 Å². The number of ether oxygens (including phenoxy) is 1. The molecule has 2 rings (SSSR count). The van der Waals surface area contributed by atoms with Gasteiger partial charge in [-0.15, -0.1) is 0 Å². The number of halogens is 1. The van der Waals surface area contributed by atoms with Gasteiger partial charge in [-0.05, 0) is 32.6 Å². The molecule has 2 atom stereocenters. The molecule has 0 radical (unpaired) electrons. The summed E-state index contributed by atoms with van der Waals surface area (Å²) in [7, 11) is 4.06. The van der Waals surface area contributed by atoms with Gasteiger partial charge < -0.3 is 15.0 Å². The Kier molecular flexibility index (Phi) is 6.84. The normalized spacial score (nSPS) is 20.5. The Balaban J connectivity index is 1.85. The smallest absolute Gasteiger partial charge is 0.237 e. The first-order chi connectivity index (χ1) is 11.0. The molecule has 128 valence electrons. The summed E-state index contributed by atoms with van der Waals surface area (Å²) in [4.78, 5) is 16.7. The van der Waals surface area contributed by atoms with Crippen molar-refractivity contribution in [3.8, 4) is 0 Å². The molecule has 1 heterocycles. The number of nitrogens with zero attached hydrogens (tertiary/aromatic N) is 2. The average molecular weight is 340 g/mol. The highest BCUT2D eigenvalue weighted by molar-refractivity contribution is 6.31. The van der Waals surface area contributed by atoms with E-state index in [9.17, 15) is 4.79 Å². The maximum atomic E-state index is 12.4. The Hall–Kier alpha value is -1.14. The minimum atomic E-state index is -0.175. The predicted molar refractivity (Wildman–Crippen MR) is 92.6 cm³/mol. The Morgan fingerprint density at radius 1 is 1.48 bits per heavy atom. The number of morpholine rings is 1. The lowest BCUT2D eigenvalue weighted by Crippen LogP contribution is -2.53. The minimum absolute atomic E-state index is 0.0235. The number of carbonyl (C=O) groups is 1. The van der Waals surface area contributed by atoms with E-state index < -0.39 is 0 Å². The summed E-state index contributed by atoms with van der Waals surface area (Å²) in [5.74, 6) is 0.0235. The Morgan fingerprint density at radius 3 is 2.91 bits per heavy atom. The lowest BCUT2D eigenvalue weighted by Gasteiger charge is -2.37. The van der Waals surface area contributed by atoms with Gasteiger partial charge in [0.1, 0.15) is 0 Å². The molecule has 1 N–H and O–H groups in total. The molecule has 1 saturated heterocycles. The molecular formula is C17H26ClN3O2. The molecule has 0 aromatic heterocycles. The zero-order chi connectivity index (χ0) is 16.8. The molecule has 0 bridgehead atoms. The molecule has 0 spiro atoms. The summed E-state index contributed by atoms with van der Waals surface area (Å²) in [6.07, 6.45) is 0.151. The van der Waals surface area contributed by atoms with Gasteiger partial charge in [-0.25, -0.2) is 0 Å². The van der Waals surface area contributed by atoms with Crippen molar-refractivity contribution in [1.82, 2.24) is 15.1 Å². The third-order valence-electron chi connectivity index (χ3n) is 4.08. The molecule has 0 saturated carbocycles. The number of rotatable bonds is 6. The fraction of sp³-hybridized carbons (Fsp3) is 0.588. The van der Waals surface area contributed by atoms with Crippen LogP contribution in [0.15, 0.2) is 24.3 Å². The fourth-order valence-electron chi connectivity index (χ4n) is 2.75. The quantitative estimate of drug-likeness (QED) is 0.855. The van der Waals surface area contributed by atoms with Gasteiger partial charge in [-0.1, -0.05) is 29.8 Å². The average Bonchev–Trinajstić information content (AvgIpc) is 2.52. The molecule has 6 heteroatoms. The maximum Gasteiger partial charge on any atom is 0.237 e. The zero-order valence-electron chi connectivity index (χ0n) is 14.1. The fourth-order valence-corrected chi connectivity index (χ4v) is 2.95. The Morgan fingerprint density at radius 2 is 2.22 bits per heavy atom. The standard InChI is InChI=1S/C17H26ClN3O2/c1-13(21-8-9-23-15(12-21)11-20(2)3)17(22)19-10-14-6-4-5-7-16(14)18/h4-7,13,15H,8-12H2,1-3H3,(H,19,22)/t13-,15+/m1/s1. The van der Waals surface area contributed by atoms with Crippen molar-refractivity contribution in [3.05, 3.63) is 34.9 Å². The molecule has 1 amide bonds. The summed E-state index contributed by atoms with van der Waals surface area (Å²) >= 11 is 6.12. The maximum absolute atomic E-state index is 12.4. The summed E-state index contributed by atoms with van der Waals surface area (Å²) in [5.41, 5.74) is 0.933. The van der Waals surface area contributed by atoms with Gasteiger partial charge in [0.25, 0.3) is 0 Å². The summed E-state index contributed by atoms with van der Waals surface area (Å²) < 4.78 is 5.76. The van der Waals surface area contributed by atoms with Gasteiger partial charge in [0.05, 0.1) is 18.8 Å². The van der Waals surface area contributed by atoms with Crippen LogP contribution in [0.4, 0.5) is 0 Å². The van der Waals surface area contributed by atoms with Crippen LogP contribution in [-0.4, -0.2) is 68.2 Å². The van der Waals surface area contributed by atoms with Gasteiger partial charge in [0, 0.05) is 31.2 Å². The first-order valence-electron chi connectivity index (χ1n) is 7.99. The molecule has 1 aliphatic heterocycles. The van der Waals surface area contributed by atoms with Crippen molar-refractivity contribution in [1.29, 1.82) is 0 Å². The number of nitrogens with one attached hydrogen (secondary N) is 1. The summed E-state index contributed by atoms with van der Waals surface area (Å²) in [5, 5.41) is 3.65. The van der Waals surface area contributed by atoms with Crippen molar-refractivity contribution in [2.45, 2.75) is 25.6 Å². The number of hydrogen-bond donors (Lipinski definition) is 1. The monoisotopic (exact) mass is 339 g/mol. The van der Waals surface area contributed by atoms with Crippen LogP contribution in [0.5, 0.6) is 0 Å². The third kappa shape index (κ3) is 5.46. The second-order valence-corrected chi connectivity index (χ2v) is 6.64. The number of amides is 1. The Bertz CT molecular complexity index is 524. The molecular weight excluding hydrogens is 314 g/mol. The van der Waals surface area contributed by atoms with Gasteiger partial charge >= 0.3 is 0 Å². The Labute approximate surface area is 143 Å². The van der Waals surface area contributed by atoms with E-state index in [1.54, 1.807) is 0 Å². The van der Waals surface area contributed by atoms with Crippen LogP contribution in [0.25, 0.3) is 0 Å². The van der Waals surface area contributed by atoms with E-state index in [1.807, 2.05) is 45.3 Å². The topological polar surface area (TPSA) is 44.8 Å². The lowest BCUT2D eigenvalue weighted by molar-refractivity contribution is -0.129. The van der Waals surface area contributed by atoms with Crippen LogP contribution < -0.4 is 5.32 Å². The van der Waals surface area contributed by atoms with Crippen molar-refractivity contribution in [2.75, 3.05) is 40.3 Å². The SMILES string of the molecule is C[C@H](C(=O)NCc1ccccc1Cl)N1CCO[C@@H](CN(C)C)C1. The molecule has 0 aliphatic carbocycles. The van der Waals surface area contributed by atoms with Crippen LogP contribution >= 0.6 is 11.6 Å². The van der Waals surface area contributed by atoms with E-state index in [1.165, 1.54) is 0 Å². The highest BCUT2D eigenvalue weighted by atomic mass is 35.5. The lowest BCUT2D eigenvalue weighted by atomic mass is 10.1. The van der Waals surface area contributed by atoms with Crippen LogP contribution in [0.2, 0.25) is 5.02 Å². The first kappa shape index (κ1) is 18.2. The summed E-state index contributed by atoms with van der Waals surface area (Å²) in [6, 6.07) is 7.39. The van der Waals surface area contributed by atoms with E-state index >= 15 is 0 Å². The van der Waals surface area contributed by atoms with E-state index in [4.69, 9.17) is 16.3 Å². The predicted octanol–water partition coefficient (Wildman–Crippen LogP) is 1.61. The van der Waals surface area contributed by atoms with Crippen LogP contribution in [0, 0.1) is 0 Å². The van der Waals surface area contributed by atoms with E-state index in [-0.39, 0.29) is 18.1 Å². The van der Waals surface area contributed by atoms with E-state index in [0.717, 1.165) is 25.2 Å². The minimum Gasteiger partial charge on any atom is -0.374 e. The zero-order valence-corrected chi connectivity index (χ0v) is 14.8. The van der Waals surface area contributed by atoms with Gasteiger partial charge in [0.2, 0.25) is 5.91 Å². The second-order valence-electron chi connectivity index (χ2n) is 6.24. The molecule has 1 aromatic carbocycles. The second kappa shape index (κ2) is 8.64. The van der Waals surface area contributed by atoms with Crippen molar-refractivity contribution in [2.24, 2.45) is 0 Å². The van der Waals surface area contributed by atoms with Crippen molar-refractivity contribution < 1.29 is 9.53 Å². The molecule has 1 aromatic rings. The third-order valence-corrected chi connectivity index (χ3v) is 4.45. The first-order valence-corrected chi connectivity index (χ1v) is 8.36. The van der Waals surface area contributed by atoms with Gasteiger partial charge in [-0.2, -0.15) is 0 Å². The largest absolute Gasteiger partial charge is 0.374 e. The molecule has 5 nitrogen and oxygen atoms in total. The van der Waals surface area contributed by atoms with E-state index in [2.05, 4.69) is 15.1 Å². The molecule has 23 heavy (non-hydrogen) atoms. The van der Waals surface area contributed by atoms with Gasteiger partial charge in [-0.3, -0.25) is 9.69 Å².